The van der Waals surface area contributed by atoms with Gasteiger partial charge in [-0.15, -0.1) is 0 Å². The molecule has 4 amide bonds. The molecular formula is C28H42F3N5O4. The van der Waals surface area contributed by atoms with E-state index < -0.39 is 53.4 Å². The van der Waals surface area contributed by atoms with Crippen LogP contribution in [0.2, 0.25) is 0 Å². The largest absolute Gasteiger partial charge is 0.471 e. The van der Waals surface area contributed by atoms with Crippen molar-refractivity contribution in [3.05, 3.63) is 0 Å². The van der Waals surface area contributed by atoms with Crippen LogP contribution < -0.4 is 16.0 Å². The van der Waals surface area contributed by atoms with E-state index in [1.165, 1.54) is 4.90 Å². The Hall–Kier alpha value is -2.84. The van der Waals surface area contributed by atoms with Crippen molar-refractivity contribution in [1.82, 2.24) is 20.9 Å². The minimum Gasteiger partial charge on any atom is -0.351 e. The number of nitrogens with zero attached hydrogens (tertiary/aromatic N) is 2. The first-order valence-corrected chi connectivity index (χ1v) is 14.1. The Morgan fingerprint density at radius 3 is 2.25 bits per heavy atom. The predicted octanol–water partition coefficient (Wildman–Crippen LogP) is 3.19. The minimum absolute atomic E-state index is 0.0203. The molecule has 1 unspecified atom stereocenters. The summed E-state index contributed by atoms with van der Waals surface area (Å²) in [7, 11) is 0. The van der Waals surface area contributed by atoms with E-state index >= 15 is 0 Å². The summed E-state index contributed by atoms with van der Waals surface area (Å²) in [6, 6.07) is -1.44. The Balaban J connectivity index is 1.80. The number of piperidine rings is 1. The minimum atomic E-state index is -5.17. The molecule has 40 heavy (non-hydrogen) atoms. The second-order valence-corrected chi connectivity index (χ2v) is 13.4. The van der Waals surface area contributed by atoms with Gasteiger partial charge in [0.2, 0.25) is 17.7 Å². The number of alkyl halides is 3. The fourth-order valence-electron chi connectivity index (χ4n) is 6.24. The lowest BCUT2D eigenvalue weighted by Gasteiger charge is -2.36. The van der Waals surface area contributed by atoms with Crippen LogP contribution in [0.5, 0.6) is 0 Å². The lowest BCUT2D eigenvalue weighted by molar-refractivity contribution is -0.176. The summed E-state index contributed by atoms with van der Waals surface area (Å²) in [4.78, 5) is 53.0. The first-order valence-electron chi connectivity index (χ1n) is 14.1. The summed E-state index contributed by atoms with van der Waals surface area (Å²) in [5, 5.41) is 17.2. The van der Waals surface area contributed by atoms with Crippen LogP contribution in [0.4, 0.5) is 13.2 Å². The monoisotopic (exact) mass is 569 g/mol. The maximum atomic E-state index is 13.8. The van der Waals surface area contributed by atoms with Gasteiger partial charge in [-0.05, 0) is 56.8 Å². The molecule has 3 fully saturated rings. The van der Waals surface area contributed by atoms with E-state index in [1.54, 1.807) is 20.8 Å². The van der Waals surface area contributed by atoms with Crippen LogP contribution in [-0.4, -0.2) is 64.9 Å². The van der Waals surface area contributed by atoms with Gasteiger partial charge in [-0.25, -0.2) is 0 Å². The highest BCUT2D eigenvalue weighted by molar-refractivity contribution is 5.94. The zero-order valence-corrected chi connectivity index (χ0v) is 24.0. The Bertz CT molecular complexity index is 1030. The average Bonchev–Trinajstić information content (AvgIpc) is 3.51. The lowest BCUT2D eigenvalue weighted by Crippen LogP contribution is -2.59. The Kier molecular flexibility index (Phi) is 9.47. The molecule has 5 atom stereocenters. The molecule has 9 nitrogen and oxygen atoms in total. The van der Waals surface area contributed by atoms with Gasteiger partial charge in [0.15, 0.2) is 0 Å². The molecule has 2 heterocycles. The van der Waals surface area contributed by atoms with E-state index in [0.29, 0.717) is 12.8 Å². The number of carbonyl (C=O) groups is 4. The van der Waals surface area contributed by atoms with Gasteiger partial charge in [0.05, 0.1) is 6.07 Å². The van der Waals surface area contributed by atoms with E-state index in [9.17, 15) is 37.6 Å². The summed E-state index contributed by atoms with van der Waals surface area (Å²) in [5.74, 6) is -3.92. The number of nitriles is 1. The van der Waals surface area contributed by atoms with E-state index in [2.05, 4.69) is 10.6 Å². The fourth-order valence-corrected chi connectivity index (χ4v) is 6.24. The molecule has 0 radical (unpaired) electrons. The number of rotatable bonds is 7. The molecule has 0 aromatic rings. The Labute approximate surface area is 234 Å². The van der Waals surface area contributed by atoms with Gasteiger partial charge in [-0.2, -0.15) is 18.4 Å². The van der Waals surface area contributed by atoms with Gasteiger partial charge in [-0.3, -0.25) is 19.2 Å². The number of carbonyl (C=O) groups excluding carboxylic acids is 4. The summed E-state index contributed by atoms with van der Waals surface area (Å²) in [5.41, 5.74) is -1.41. The molecule has 2 saturated heterocycles. The molecule has 0 bridgehead atoms. The number of halogens is 3. The summed E-state index contributed by atoms with van der Waals surface area (Å²) in [6.07, 6.45) is 0.525. The van der Waals surface area contributed by atoms with Crippen LogP contribution >= 0.6 is 0 Å². The summed E-state index contributed by atoms with van der Waals surface area (Å²) in [6.45, 7) is 8.67. The second kappa shape index (κ2) is 12.0. The fraction of sp³-hybridized carbons (Fsp3) is 0.821. The topological polar surface area (TPSA) is 131 Å². The summed E-state index contributed by atoms with van der Waals surface area (Å²) >= 11 is 0. The Morgan fingerprint density at radius 1 is 1.10 bits per heavy atom. The molecule has 1 aliphatic carbocycles. The number of nitrogens with one attached hydrogen (secondary N) is 3. The zero-order chi connectivity index (χ0) is 30.0. The van der Waals surface area contributed by atoms with Crippen molar-refractivity contribution in [2.24, 2.45) is 23.2 Å². The van der Waals surface area contributed by atoms with Gasteiger partial charge in [-0.1, -0.05) is 46.5 Å². The van der Waals surface area contributed by atoms with Gasteiger partial charge in [0, 0.05) is 18.0 Å². The molecular weight excluding hydrogens is 527 g/mol. The molecule has 224 valence electrons. The SMILES string of the molecule is CC1(C)CC[C@@H](C[C@@H](C#N)NC(=O)[C@@H]2CC(C3CCCC3)CN2C(=O)[C@@H](NC(=O)C(F)(F)F)C(C)(C)C)C(=O)N1. The quantitative estimate of drug-likeness (QED) is 0.434. The molecule has 1 saturated carbocycles. The lowest BCUT2D eigenvalue weighted by atomic mass is 9.83. The first-order chi connectivity index (χ1) is 18.4. The first kappa shape index (κ1) is 31.7. The molecule has 0 aromatic heterocycles. The number of hydrogen-bond acceptors (Lipinski definition) is 5. The molecule has 3 N–H and O–H groups in total. The molecule has 0 aromatic carbocycles. The van der Waals surface area contributed by atoms with Gasteiger partial charge < -0.3 is 20.9 Å². The molecule has 3 aliphatic rings. The number of likely N-dealkylation sites (tertiary alicyclic amines) is 1. The highest BCUT2D eigenvalue weighted by Crippen LogP contribution is 2.39. The Morgan fingerprint density at radius 2 is 1.73 bits per heavy atom. The molecule has 3 rings (SSSR count). The number of hydrogen-bond donors (Lipinski definition) is 3. The third kappa shape index (κ3) is 7.67. The van der Waals surface area contributed by atoms with Crippen molar-refractivity contribution in [1.29, 1.82) is 5.26 Å². The van der Waals surface area contributed by atoms with Gasteiger partial charge in [0.1, 0.15) is 18.1 Å². The van der Waals surface area contributed by atoms with E-state index in [1.807, 2.05) is 25.2 Å². The van der Waals surface area contributed by atoms with Crippen molar-refractivity contribution < 1.29 is 32.3 Å². The van der Waals surface area contributed by atoms with Gasteiger partial charge in [0.25, 0.3) is 0 Å². The van der Waals surface area contributed by atoms with Crippen LogP contribution in [0.3, 0.4) is 0 Å². The number of amides is 4. The predicted molar refractivity (Wildman–Crippen MR) is 140 cm³/mol. The third-order valence-electron chi connectivity index (χ3n) is 8.57. The standard InChI is InChI=1S/C28H42F3N5O4/c1-26(2,3)21(34-25(40)28(29,30)31)24(39)36-15-18(16-8-6-7-9-16)13-20(36)23(38)33-19(14-32)12-17-10-11-27(4,5)35-22(17)37/h16-21H,6-13,15H2,1-5H3,(H,33,38)(H,34,40)(H,35,37)/t17-,18?,19-,20-,21+/m0/s1. The normalized spacial score (nSPS) is 26.9. The zero-order valence-electron chi connectivity index (χ0n) is 24.0. The molecule has 2 aliphatic heterocycles. The van der Waals surface area contributed by atoms with Crippen LogP contribution in [0.1, 0.15) is 86.0 Å². The second-order valence-electron chi connectivity index (χ2n) is 13.4. The van der Waals surface area contributed by atoms with Crippen molar-refractivity contribution in [3.8, 4) is 6.07 Å². The van der Waals surface area contributed by atoms with Gasteiger partial charge >= 0.3 is 12.1 Å². The third-order valence-corrected chi connectivity index (χ3v) is 8.57. The van der Waals surface area contributed by atoms with Crippen LogP contribution in [-0.2, 0) is 19.2 Å². The van der Waals surface area contributed by atoms with Crippen molar-refractivity contribution in [2.75, 3.05) is 6.54 Å². The van der Waals surface area contributed by atoms with Crippen molar-refractivity contribution in [2.45, 2.75) is 116 Å². The van der Waals surface area contributed by atoms with Crippen molar-refractivity contribution in [3.63, 3.8) is 0 Å². The van der Waals surface area contributed by atoms with Crippen LogP contribution in [0, 0.1) is 34.5 Å². The smallest absolute Gasteiger partial charge is 0.351 e. The maximum absolute atomic E-state index is 13.8. The highest BCUT2D eigenvalue weighted by Gasteiger charge is 2.49. The summed E-state index contributed by atoms with van der Waals surface area (Å²) < 4.78 is 39.3. The van der Waals surface area contributed by atoms with E-state index in [0.717, 1.165) is 32.1 Å². The highest BCUT2D eigenvalue weighted by atomic mass is 19.4. The molecule has 0 spiro atoms. The maximum Gasteiger partial charge on any atom is 0.471 e. The molecule has 12 heteroatoms. The van der Waals surface area contributed by atoms with E-state index in [-0.39, 0.29) is 36.2 Å². The van der Waals surface area contributed by atoms with Crippen LogP contribution in [0.25, 0.3) is 0 Å². The average molecular weight is 570 g/mol. The van der Waals surface area contributed by atoms with Crippen molar-refractivity contribution >= 4 is 23.6 Å². The van der Waals surface area contributed by atoms with E-state index in [4.69, 9.17) is 0 Å². The van der Waals surface area contributed by atoms with Crippen LogP contribution in [0.15, 0.2) is 0 Å².